The normalized spacial score (nSPS) is 10.4. The van der Waals surface area contributed by atoms with Gasteiger partial charge in [-0.15, -0.1) is 0 Å². The van der Waals surface area contributed by atoms with Crippen LogP contribution >= 0.6 is 0 Å². The fourth-order valence-corrected chi connectivity index (χ4v) is 1.31. The molecule has 104 valence electrons. The van der Waals surface area contributed by atoms with E-state index in [4.69, 9.17) is 0 Å². The van der Waals surface area contributed by atoms with E-state index in [1.165, 1.54) is 0 Å². The van der Waals surface area contributed by atoms with Crippen LogP contribution in [0.15, 0.2) is 18.2 Å². The summed E-state index contributed by atoms with van der Waals surface area (Å²) in [6.45, 7) is -1.54. The molecule has 0 aromatic heterocycles. The summed E-state index contributed by atoms with van der Waals surface area (Å²) in [5.74, 6) is -4.00. The second kappa shape index (κ2) is 6.77. The monoisotopic (exact) mass is 276 g/mol. The second-order valence-electron chi connectivity index (χ2n) is 3.50. The summed E-state index contributed by atoms with van der Waals surface area (Å²) in [5, 5.41) is 0. The molecule has 1 rings (SSSR count). The summed E-state index contributed by atoms with van der Waals surface area (Å²) in [7, 11) is 0. The van der Waals surface area contributed by atoms with Crippen molar-refractivity contribution in [3.8, 4) is 5.75 Å². The minimum atomic E-state index is -3.22. The lowest BCUT2D eigenvalue weighted by Gasteiger charge is -2.10. The van der Waals surface area contributed by atoms with E-state index in [1.54, 1.807) is 6.92 Å². The first kappa shape index (κ1) is 15.0. The van der Waals surface area contributed by atoms with Crippen molar-refractivity contribution < 1.29 is 32.2 Å². The van der Waals surface area contributed by atoms with E-state index in [-0.39, 0.29) is 6.42 Å². The average Bonchev–Trinajstić information content (AvgIpc) is 2.27. The molecule has 0 aliphatic carbocycles. The number of hydrogen-bond acceptors (Lipinski definition) is 4. The molecule has 0 radical (unpaired) electrons. The van der Waals surface area contributed by atoms with Crippen LogP contribution in [0.25, 0.3) is 0 Å². The first-order valence-electron chi connectivity index (χ1n) is 5.44. The van der Waals surface area contributed by atoms with E-state index in [0.717, 1.165) is 18.2 Å². The highest BCUT2D eigenvalue weighted by atomic mass is 19.3. The van der Waals surface area contributed by atoms with Gasteiger partial charge in [0.25, 0.3) is 0 Å². The highest BCUT2D eigenvalue weighted by Crippen LogP contribution is 2.24. The highest BCUT2D eigenvalue weighted by molar-refractivity contribution is 5.99. The van der Waals surface area contributed by atoms with Crippen LogP contribution in [-0.2, 0) is 9.53 Å². The van der Waals surface area contributed by atoms with Crippen LogP contribution in [0.5, 0.6) is 5.75 Å². The van der Waals surface area contributed by atoms with Crippen LogP contribution in [0.3, 0.4) is 0 Å². The molecule has 4 nitrogen and oxygen atoms in total. The van der Waals surface area contributed by atoms with Crippen molar-refractivity contribution in [2.45, 2.75) is 26.4 Å². The summed E-state index contributed by atoms with van der Waals surface area (Å²) in [6.07, 6.45) is 0.398. The molecule has 0 N–H and O–H groups in total. The average molecular weight is 276 g/mol. The first-order chi connectivity index (χ1) is 8.95. The zero-order valence-corrected chi connectivity index (χ0v) is 9.99. The van der Waals surface area contributed by atoms with Crippen molar-refractivity contribution in [3.63, 3.8) is 0 Å². The summed E-state index contributed by atoms with van der Waals surface area (Å²) in [4.78, 5) is 22.7. The molecular weight excluding hydrogens is 265 g/mol. The maximum atomic E-state index is 13.5. The minimum absolute atomic E-state index is 0.0365. The Morgan fingerprint density at radius 1 is 1.32 bits per heavy atom. The highest BCUT2D eigenvalue weighted by Gasteiger charge is 2.23. The Morgan fingerprint density at radius 2 is 2.00 bits per heavy atom. The van der Waals surface area contributed by atoms with Gasteiger partial charge in [-0.3, -0.25) is 4.79 Å². The maximum absolute atomic E-state index is 13.5. The third-order valence-corrected chi connectivity index (χ3v) is 2.06. The zero-order chi connectivity index (χ0) is 14.4. The SMILES string of the molecule is CCCC(=O)OC(=O)c1c(F)cccc1OC(F)F. The van der Waals surface area contributed by atoms with Crippen molar-refractivity contribution in [3.05, 3.63) is 29.6 Å². The van der Waals surface area contributed by atoms with Crippen LogP contribution in [0.1, 0.15) is 30.1 Å². The topological polar surface area (TPSA) is 52.6 Å². The number of carbonyl (C=O) groups is 2. The molecule has 19 heavy (non-hydrogen) atoms. The van der Waals surface area contributed by atoms with Crippen LogP contribution in [0, 0.1) is 5.82 Å². The Balaban J connectivity index is 2.97. The molecule has 7 heteroatoms. The maximum Gasteiger partial charge on any atom is 0.387 e. The largest absolute Gasteiger partial charge is 0.434 e. The number of hydrogen-bond donors (Lipinski definition) is 0. The molecule has 0 bridgehead atoms. The molecule has 0 atom stereocenters. The van der Waals surface area contributed by atoms with Crippen LogP contribution in [0.2, 0.25) is 0 Å². The molecule has 0 fully saturated rings. The van der Waals surface area contributed by atoms with E-state index in [1.807, 2.05) is 0 Å². The number of halogens is 3. The Bertz CT molecular complexity index is 474. The molecule has 0 aliphatic rings. The van der Waals surface area contributed by atoms with E-state index in [0.29, 0.717) is 6.42 Å². The Labute approximate surface area is 107 Å². The predicted octanol–water partition coefficient (Wildman–Crippen LogP) is 2.91. The predicted molar refractivity (Wildman–Crippen MR) is 58.4 cm³/mol. The fourth-order valence-electron chi connectivity index (χ4n) is 1.31. The summed E-state index contributed by atoms with van der Waals surface area (Å²) in [5.41, 5.74) is -0.827. The van der Waals surface area contributed by atoms with E-state index < -0.39 is 35.7 Å². The van der Waals surface area contributed by atoms with E-state index >= 15 is 0 Å². The third-order valence-electron chi connectivity index (χ3n) is 2.06. The van der Waals surface area contributed by atoms with Gasteiger partial charge in [0.05, 0.1) is 0 Å². The molecule has 0 saturated heterocycles. The molecule has 0 amide bonds. The van der Waals surface area contributed by atoms with Crippen molar-refractivity contribution in [1.29, 1.82) is 0 Å². The lowest BCUT2D eigenvalue weighted by Crippen LogP contribution is -2.16. The van der Waals surface area contributed by atoms with Gasteiger partial charge in [-0.2, -0.15) is 8.78 Å². The van der Waals surface area contributed by atoms with E-state index in [9.17, 15) is 22.8 Å². The summed E-state index contributed by atoms with van der Waals surface area (Å²) in [6, 6.07) is 2.95. The molecule has 0 spiro atoms. The smallest absolute Gasteiger partial charge is 0.387 e. The second-order valence-corrected chi connectivity index (χ2v) is 3.50. The Kier molecular flexibility index (Phi) is 5.35. The number of ether oxygens (including phenoxy) is 2. The quantitative estimate of drug-likeness (QED) is 0.613. The Morgan fingerprint density at radius 3 is 2.58 bits per heavy atom. The zero-order valence-electron chi connectivity index (χ0n) is 9.99. The number of benzene rings is 1. The van der Waals surface area contributed by atoms with Gasteiger partial charge >= 0.3 is 18.6 Å². The van der Waals surface area contributed by atoms with Gasteiger partial charge in [0.2, 0.25) is 0 Å². The van der Waals surface area contributed by atoms with Crippen LogP contribution < -0.4 is 4.74 Å². The number of esters is 2. The van der Waals surface area contributed by atoms with Crippen LogP contribution in [0.4, 0.5) is 13.2 Å². The molecular formula is C12H11F3O4. The number of carbonyl (C=O) groups excluding carboxylic acids is 2. The number of rotatable bonds is 5. The molecule has 1 aromatic rings. The summed E-state index contributed by atoms with van der Waals surface area (Å²) >= 11 is 0. The van der Waals surface area contributed by atoms with Gasteiger partial charge in [0.15, 0.2) is 0 Å². The van der Waals surface area contributed by atoms with Gasteiger partial charge in [0.1, 0.15) is 17.1 Å². The summed E-state index contributed by atoms with van der Waals surface area (Å²) < 4.78 is 46.0. The van der Waals surface area contributed by atoms with Gasteiger partial charge < -0.3 is 9.47 Å². The van der Waals surface area contributed by atoms with Gasteiger partial charge in [0, 0.05) is 6.42 Å². The Hall–Kier alpha value is -2.05. The minimum Gasteiger partial charge on any atom is -0.434 e. The lowest BCUT2D eigenvalue weighted by atomic mass is 10.2. The molecule has 0 aliphatic heterocycles. The van der Waals surface area contributed by atoms with Crippen molar-refractivity contribution in [2.75, 3.05) is 0 Å². The number of alkyl halides is 2. The van der Waals surface area contributed by atoms with Crippen molar-refractivity contribution >= 4 is 11.9 Å². The lowest BCUT2D eigenvalue weighted by molar-refractivity contribution is -0.138. The first-order valence-corrected chi connectivity index (χ1v) is 5.44. The molecule has 1 aromatic carbocycles. The van der Waals surface area contributed by atoms with Gasteiger partial charge in [-0.1, -0.05) is 13.0 Å². The van der Waals surface area contributed by atoms with Crippen molar-refractivity contribution in [2.24, 2.45) is 0 Å². The van der Waals surface area contributed by atoms with Gasteiger partial charge in [-0.25, -0.2) is 9.18 Å². The van der Waals surface area contributed by atoms with Crippen LogP contribution in [-0.4, -0.2) is 18.6 Å². The third kappa shape index (κ3) is 4.27. The standard InChI is InChI=1S/C12H11F3O4/c1-2-4-9(16)19-11(17)10-7(13)5-3-6-8(10)18-12(14)15/h3,5-6,12H,2,4H2,1H3. The molecule has 0 heterocycles. The fraction of sp³-hybridized carbons (Fsp3) is 0.333. The molecule has 0 saturated carbocycles. The van der Waals surface area contributed by atoms with E-state index in [2.05, 4.69) is 9.47 Å². The molecule has 0 unspecified atom stereocenters. The van der Waals surface area contributed by atoms with Gasteiger partial charge in [-0.05, 0) is 18.6 Å². The van der Waals surface area contributed by atoms with Crippen molar-refractivity contribution in [1.82, 2.24) is 0 Å².